The molecule has 13 heteroatoms. The molecule has 0 radical (unpaired) electrons. The monoisotopic (exact) mass is 506 g/mol. The van der Waals surface area contributed by atoms with Crippen LogP contribution in [-0.4, -0.2) is 35.6 Å². The summed E-state index contributed by atoms with van der Waals surface area (Å²) < 4.78 is 77.1. The van der Waals surface area contributed by atoms with E-state index in [1.54, 1.807) is 0 Å². The largest absolute Gasteiger partial charge is 0.417 e. The molecule has 1 aromatic carbocycles. The summed E-state index contributed by atoms with van der Waals surface area (Å²) in [6.07, 6.45) is -4.11. The molecule has 3 N–H and O–H groups in total. The van der Waals surface area contributed by atoms with Crippen LogP contribution < -0.4 is 11.1 Å². The van der Waals surface area contributed by atoms with Crippen LogP contribution in [-0.2, 0) is 21.6 Å². The molecule has 0 fully saturated rings. The van der Waals surface area contributed by atoms with Crippen LogP contribution in [0.1, 0.15) is 42.4 Å². The van der Waals surface area contributed by atoms with Gasteiger partial charge in [-0.15, -0.1) is 0 Å². The Kier molecular flexibility index (Phi) is 5.99. The number of pyridine rings is 1. The van der Waals surface area contributed by atoms with E-state index >= 15 is 0 Å². The Labute approximate surface area is 192 Å². The number of alkyl halides is 3. The van der Waals surface area contributed by atoms with E-state index < -0.39 is 54.4 Å². The van der Waals surface area contributed by atoms with Gasteiger partial charge in [-0.2, -0.15) is 13.2 Å². The number of rotatable bonds is 3. The van der Waals surface area contributed by atoms with Crippen LogP contribution in [0.2, 0.25) is 5.02 Å². The van der Waals surface area contributed by atoms with Crippen molar-refractivity contribution in [2.24, 2.45) is 10.7 Å². The lowest BCUT2D eigenvalue weighted by Crippen LogP contribution is -2.55. The number of amides is 1. The summed E-state index contributed by atoms with van der Waals surface area (Å²) in [7, 11) is -3.85. The molecule has 0 saturated heterocycles. The molecule has 1 atom stereocenters. The fourth-order valence-electron chi connectivity index (χ4n) is 3.22. The Hall–Kier alpha value is -2.73. The van der Waals surface area contributed by atoms with E-state index in [1.165, 1.54) is 20.8 Å². The van der Waals surface area contributed by atoms with E-state index in [4.69, 9.17) is 17.3 Å². The number of hydrogen-bond donors (Lipinski definition) is 2. The number of halogens is 5. The van der Waals surface area contributed by atoms with Crippen molar-refractivity contribution >= 4 is 38.9 Å². The molecule has 1 aromatic heterocycles. The fraction of sp³-hybridized carbons (Fsp3) is 0.350. The van der Waals surface area contributed by atoms with Crippen LogP contribution >= 0.6 is 11.6 Å². The van der Waals surface area contributed by atoms with Crippen LogP contribution in [0.3, 0.4) is 0 Å². The molecular weight excluding hydrogens is 488 g/mol. The lowest BCUT2D eigenvalue weighted by Gasteiger charge is -2.38. The minimum atomic E-state index is -4.62. The van der Waals surface area contributed by atoms with E-state index in [0.29, 0.717) is 12.3 Å². The summed E-state index contributed by atoms with van der Waals surface area (Å²) in [5.74, 6) is -2.62. The van der Waals surface area contributed by atoms with Gasteiger partial charge in [0, 0.05) is 17.4 Å². The van der Waals surface area contributed by atoms with Crippen LogP contribution in [0.25, 0.3) is 0 Å². The summed E-state index contributed by atoms with van der Waals surface area (Å²) >= 11 is 5.97. The van der Waals surface area contributed by atoms with Crippen molar-refractivity contribution in [2.75, 3.05) is 11.1 Å². The molecule has 0 aliphatic carbocycles. The summed E-state index contributed by atoms with van der Waals surface area (Å²) in [5.41, 5.74) is 2.61. The zero-order valence-corrected chi connectivity index (χ0v) is 19.2. The van der Waals surface area contributed by atoms with E-state index in [1.807, 2.05) is 0 Å². The van der Waals surface area contributed by atoms with Crippen LogP contribution in [0.4, 0.5) is 23.2 Å². The first kappa shape index (κ1) is 24.9. The average Bonchev–Trinajstić information content (AvgIpc) is 2.68. The average molecular weight is 507 g/mol. The number of anilines is 1. The maximum Gasteiger partial charge on any atom is 0.417 e. The Morgan fingerprint density at radius 2 is 1.85 bits per heavy atom. The van der Waals surface area contributed by atoms with Crippen molar-refractivity contribution in [3.05, 3.63) is 58.1 Å². The van der Waals surface area contributed by atoms with Crippen molar-refractivity contribution < 1.29 is 30.8 Å². The molecule has 0 saturated carbocycles. The third kappa shape index (κ3) is 4.54. The van der Waals surface area contributed by atoms with Crippen LogP contribution in [0.15, 0.2) is 35.5 Å². The number of hydrogen-bond acceptors (Lipinski definition) is 6. The smallest absolute Gasteiger partial charge is 0.386 e. The van der Waals surface area contributed by atoms with E-state index in [-0.39, 0.29) is 22.8 Å². The molecule has 178 valence electrons. The minimum Gasteiger partial charge on any atom is -0.386 e. The maximum atomic E-state index is 14.9. The van der Waals surface area contributed by atoms with Gasteiger partial charge in [-0.3, -0.25) is 14.8 Å². The van der Waals surface area contributed by atoms with Crippen LogP contribution in [0, 0.1) is 5.82 Å². The number of benzene rings is 1. The molecule has 2 aromatic rings. The SMILES string of the molecule is CC1(c2cc(NC(=O)c3ccc(C(F)(F)F)cn3)cc(Cl)c2F)CS(=O)(=O)C(C)(C)C(N)=N1. The normalized spacial score (nSPS) is 21.9. The van der Waals surface area contributed by atoms with E-state index in [9.17, 15) is 30.8 Å². The van der Waals surface area contributed by atoms with Gasteiger partial charge in [-0.05, 0) is 45.0 Å². The van der Waals surface area contributed by atoms with Gasteiger partial charge >= 0.3 is 6.18 Å². The van der Waals surface area contributed by atoms with Gasteiger partial charge in [0.1, 0.15) is 27.6 Å². The highest BCUT2D eigenvalue weighted by atomic mass is 35.5. The second-order valence-corrected chi connectivity index (χ2v) is 11.2. The van der Waals surface area contributed by atoms with Gasteiger partial charge in [0.2, 0.25) is 0 Å². The molecule has 3 rings (SSSR count). The van der Waals surface area contributed by atoms with Gasteiger partial charge in [-0.1, -0.05) is 11.6 Å². The number of aliphatic imine (C=N–C) groups is 1. The van der Waals surface area contributed by atoms with Crippen molar-refractivity contribution in [3.63, 3.8) is 0 Å². The number of nitrogens with two attached hydrogens (primary N) is 1. The topological polar surface area (TPSA) is 115 Å². The number of nitrogens with zero attached hydrogens (tertiary/aromatic N) is 2. The van der Waals surface area contributed by atoms with Gasteiger partial charge in [0.05, 0.1) is 16.3 Å². The zero-order valence-electron chi connectivity index (χ0n) is 17.6. The quantitative estimate of drug-likeness (QED) is 0.612. The van der Waals surface area contributed by atoms with Gasteiger partial charge in [0.25, 0.3) is 5.91 Å². The number of amidine groups is 1. The van der Waals surface area contributed by atoms with Gasteiger partial charge < -0.3 is 11.1 Å². The number of carbonyl (C=O) groups is 1. The second-order valence-electron chi connectivity index (χ2n) is 8.24. The maximum absolute atomic E-state index is 14.9. The lowest BCUT2D eigenvalue weighted by atomic mass is 9.92. The van der Waals surface area contributed by atoms with Gasteiger partial charge in [-0.25, -0.2) is 12.8 Å². The Balaban J connectivity index is 1.99. The molecule has 1 amide bonds. The molecule has 1 unspecified atom stereocenters. The molecule has 1 aliphatic heterocycles. The summed E-state index contributed by atoms with van der Waals surface area (Å²) in [6.45, 7) is 4.14. The summed E-state index contributed by atoms with van der Waals surface area (Å²) in [4.78, 5) is 20.2. The first-order valence-electron chi connectivity index (χ1n) is 9.40. The third-order valence-corrected chi connectivity index (χ3v) is 8.40. The Morgan fingerprint density at radius 1 is 1.21 bits per heavy atom. The third-order valence-electron chi connectivity index (χ3n) is 5.42. The lowest BCUT2D eigenvalue weighted by molar-refractivity contribution is -0.137. The first-order valence-corrected chi connectivity index (χ1v) is 11.4. The number of aromatic nitrogens is 1. The first-order chi connectivity index (χ1) is 15.0. The minimum absolute atomic E-state index is 0.0414. The molecule has 0 spiro atoms. The Bertz CT molecular complexity index is 1260. The summed E-state index contributed by atoms with van der Waals surface area (Å²) in [5, 5.41) is 1.94. The van der Waals surface area contributed by atoms with E-state index in [2.05, 4.69) is 15.3 Å². The second kappa shape index (κ2) is 7.94. The fourth-order valence-corrected chi connectivity index (χ4v) is 5.13. The van der Waals surface area contributed by atoms with E-state index in [0.717, 1.165) is 18.2 Å². The standard InChI is InChI=1S/C20H19ClF4N4O3S/c1-18(2)17(26)29-19(3,9-33(18,31)32)12-6-11(7-13(21)15(12)22)28-16(30)14-5-4-10(8-27-14)20(23,24)25/h4-8H,9H2,1-3H3,(H2,26,29)(H,28,30). The molecular formula is C20H19ClF4N4O3S. The van der Waals surface area contributed by atoms with Crippen LogP contribution in [0.5, 0.6) is 0 Å². The molecule has 33 heavy (non-hydrogen) atoms. The highest BCUT2D eigenvalue weighted by Gasteiger charge is 2.49. The Morgan fingerprint density at radius 3 is 2.36 bits per heavy atom. The molecule has 2 heterocycles. The number of carbonyl (C=O) groups excluding carboxylic acids is 1. The van der Waals surface area contributed by atoms with Crippen molar-refractivity contribution in [1.29, 1.82) is 0 Å². The molecule has 1 aliphatic rings. The highest BCUT2D eigenvalue weighted by molar-refractivity contribution is 7.93. The van der Waals surface area contributed by atoms with Gasteiger partial charge in [0.15, 0.2) is 9.84 Å². The number of sulfone groups is 1. The molecule has 7 nitrogen and oxygen atoms in total. The summed E-state index contributed by atoms with van der Waals surface area (Å²) in [6, 6.07) is 3.79. The predicted octanol–water partition coefficient (Wildman–Crippen LogP) is 3.92. The highest BCUT2D eigenvalue weighted by Crippen LogP contribution is 2.40. The van der Waals surface area contributed by atoms with Crippen molar-refractivity contribution in [1.82, 2.24) is 4.98 Å². The number of nitrogens with one attached hydrogen (secondary N) is 1. The predicted molar refractivity (Wildman–Crippen MR) is 115 cm³/mol. The zero-order chi connectivity index (χ0) is 25.0. The van der Waals surface area contributed by atoms with Crippen molar-refractivity contribution in [2.45, 2.75) is 37.2 Å². The molecule has 0 bridgehead atoms. The van der Waals surface area contributed by atoms with Crippen molar-refractivity contribution in [3.8, 4) is 0 Å².